The molecule has 1 fully saturated rings. The smallest absolute Gasteiger partial charge is 0.303 e. The maximum absolute atomic E-state index is 10.7. The molecule has 0 bridgehead atoms. The van der Waals surface area contributed by atoms with Crippen molar-refractivity contribution >= 4 is 40.6 Å². The summed E-state index contributed by atoms with van der Waals surface area (Å²) in [7, 11) is 0. The van der Waals surface area contributed by atoms with E-state index in [0.717, 1.165) is 5.69 Å². The Morgan fingerprint density at radius 1 is 1.47 bits per heavy atom. The van der Waals surface area contributed by atoms with Gasteiger partial charge in [-0.2, -0.15) is 0 Å². The van der Waals surface area contributed by atoms with E-state index in [1.807, 2.05) is 19.1 Å². The van der Waals surface area contributed by atoms with Crippen molar-refractivity contribution in [2.24, 2.45) is 0 Å². The molecule has 19 heavy (non-hydrogen) atoms. The Bertz CT molecular complexity index is 508. The number of carboxylic acid groups (broad SMARTS) is 1. The molecule has 1 saturated heterocycles. The Hall–Kier alpha value is -1.37. The Morgan fingerprint density at radius 3 is 2.68 bits per heavy atom. The number of carbonyl (C=O) groups is 1. The third-order valence-corrected chi connectivity index (χ3v) is 3.40. The van der Waals surface area contributed by atoms with Crippen molar-refractivity contribution in [3.63, 3.8) is 0 Å². The third kappa shape index (κ3) is 3.34. The number of thiocarbonyl (C=S) groups is 1. The largest absolute Gasteiger partial charge is 0.481 e. The van der Waals surface area contributed by atoms with Gasteiger partial charge in [-0.15, -0.1) is 0 Å². The number of aliphatic carboxylic acids is 1. The number of nitrogens with zero attached hydrogens (tertiary/aromatic N) is 1. The number of hydrazine groups is 1. The minimum Gasteiger partial charge on any atom is -0.481 e. The molecule has 0 amide bonds. The summed E-state index contributed by atoms with van der Waals surface area (Å²) in [5, 5.41) is 14.7. The molecule has 1 unspecified atom stereocenters. The van der Waals surface area contributed by atoms with Crippen molar-refractivity contribution in [3.05, 3.63) is 29.3 Å². The van der Waals surface area contributed by atoms with Gasteiger partial charge in [0.1, 0.15) is 5.66 Å². The van der Waals surface area contributed by atoms with Gasteiger partial charge in [0.15, 0.2) is 5.11 Å². The molecule has 0 radical (unpaired) electrons. The van der Waals surface area contributed by atoms with Crippen molar-refractivity contribution in [2.75, 3.05) is 5.01 Å². The van der Waals surface area contributed by atoms with E-state index in [2.05, 4.69) is 10.7 Å². The van der Waals surface area contributed by atoms with E-state index in [0.29, 0.717) is 16.6 Å². The Labute approximate surface area is 121 Å². The van der Waals surface area contributed by atoms with Crippen molar-refractivity contribution in [1.29, 1.82) is 0 Å². The minimum atomic E-state index is -0.833. The standard InChI is InChI=1S/C12H14ClN3O2S/c1-12(7-6-10(17)18)14-11(19)16(15-12)9-4-2-8(13)3-5-9/h2-5,15H,6-7H2,1H3,(H,14,19)(H,17,18). The molecule has 3 N–H and O–H groups in total. The fourth-order valence-electron chi connectivity index (χ4n) is 1.86. The number of halogens is 1. The van der Waals surface area contributed by atoms with Crippen molar-refractivity contribution in [2.45, 2.75) is 25.4 Å². The van der Waals surface area contributed by atoms with Gasteiger partial charge in [-0.3, -0.25) is 9.80 Å². The number of rotatable bonds is 4. The summed E-state index contributed by atoms with van der Waals surface area (Å²) in [6.07, 6.45) is 0.486. The quantitative estimate of drug-likeness (QED) is 0.740. The monoisotopic (exact) mass is 299 g/mol. The predicted octanol–water partition coefficient (Wildman–Crippen LogP) is 2.12. The molecule has 7 heteroatoms. The average Bonchev–Trinajstić information content (AvgIpc) is 2.64. The van der Waals surface area contributed by atoms with Crippen LogP contribution in [0.1, 0.15) is 19.8 Å². The lowest BCUT2D eigenvalue weighted by Crippen LogP contribution is -2.48. The Kier molecular flexibility index (Phi) is 3.93. The second kappa shape index (κ2) is 5.32. The highest BCUT2D eigenvalue weighted by molar-refractivity contribution is 7.80. The molecule has 1 aliphatic rings. The molecule has 0 aliphatic carbocycles. The van der Waals surface area contributed by atoms with Crippen LogP contribution in [0.4, 0.5) is 5.69 Å². The Balaban J connectivity index is 2.10. The molecule has 1 aromatic carbocycles. The first-order valence-corrected chi connectivity index (χ1v) is 6.56. The predicted molar refractivity (Wildman–Crippen MR) is 78.1 cm³/mol. The third-order valence-electron chi connectivity index (χ3n) is 2.87. The van der Waals surface area contributed by atoms with Crippen LogP contribution >= 0.6 is 23.8 Å². The molecule has 0 aromatic heterocycles. The number of anilines is 1. The zero-order chi connectivity index (χ0) is 14.0. The second-order valence-corrected chi connectivity index (χ2v) is 5.40. The summed E-state index contributed by atoms with van der Waals surface area (Å²) in [4.78, 5) is 10.7. The maximum atomic E-state index is 10.7. The number of hydrogen-bond donors (Lipinski definition) is 3. The number of hydrogen-bond acceptors (Lipinski definition) is 3. The summed E-state index contributed by atoms with van der Waals surface area (Å²) in [6, 6.07) is 7.22. The van der Waals surface area contributed by atoms with Crippen LogP contribution in [0.3, 0.4) is 0 Å². The summed E-state index contributed by atoms with van der Waals surface area (Å²) < 4.78 is 0. The van der Waals surface area contributed by atoms with Crippen LogP contribution in [0.5, 0.6) is 0 Å². The molecular weight excluding hydrogens is 286 g/mol. The fourth-order valence-corrected chi connectivity index (χ4v) is 2.37. The minimum absolute atomic E-state index is 0.0631. The molecule has 0 spiro atoms. The van der Waals surface area contributed by atoms with Gasteiger partial charge >= 0.3 is 5.97 Å². The van der Waals surface area contributed by atoms with Crippen molar-refractivity contribution in [1.82, 2.24) is 10.7 Å². The van der Waals surface area contributed by atoms with Gasteiger partial charge in [-0.25, -0.2) is 5.43 Å². The zero-order valence-electron chi connectivity index (χ0n) is 10.3. The van der Waals surface area contributed by atoms with Crippen LogP contribution < -0.4 is 15.8 Å². The maximum Gasteiger partial charge on any atom is 0.303 e. The molecule has 5 nitrogen and oxygen atoms in total. The highest BCUT2D eigenvalue weighted by Gasteiger charge is 2.36. The molecule has 1 heterocycles. The summed E-state index contributed by atoms with van der Waals surface area (Å²) in [5.41, 5.74) is 3.47. The van der Waals surface area contributed by atoms with Crippen LogP contribution in [0.15, 0.2) is 24.3 Å². The summed E-state index contributed by atoms with van der Waals surface area (Å²) in [6.45, 7) is 1.87. The van der Waals surface area contributed by atoms with Gasteiger partial charge in [0, 0.05) is 11.4 Å². The SMILES string of the molecule is CC1(CCC(=O)O)NC(=S)N(c2ccc(Cl)cc2)N1. The highest BCUT2D eigenvalue weighted by atomic mass is 35.5. The first-order valence-electron chi connectivity index (χ1n) is 5.77. The van der Waals surface area contributed by atoms with Gasteiger partial charge in [-0.1, -0.05) is 11.6 Å². The molecule has 0 saturated carbocycles. The zero-order valence-corrected chi connectivity index (χ0v) is 11.9. The second-order valence-electron chi connectivity index (χ2n) is 4.58. The van der Waals surface area contributed by atoms with Crippen LogP contribution in [0, 0.1) is 0 Å². The van der Waals surface area contributed by atoms with Gasteiger partial charge in [0.2, 0.25) is 0 Å². The van der Waals surface area contributed by atoms with Crippen LogP contribution in [0.2, 0.25) is 5.02 Å². The molecule has 1 atom stereocenters. The van der Waals surface area contributed by atoms with Gasteiger partial charge in [-0.05, 0) is 49.8 Å². The summed E-state index contributed by atoms with van der Waals surface area (Å²) >= 11 is 11.1. The lowest BCUT2D eigenvalue weighted by atomic mass is 10.1. The van der Waals surface area contributed by atoms with Crippen LogP contribution in [0.25, 0.3) is 0 Å². The van der Waals surface area contributed by atoms with E-state index in [4.69, 9.17) is 28.9 Å². The highest BCUT2D eigenvalue weighted by Crippen LogP contribution is 2.23. The van der Waals surface area contributed by atoms with Gasteiger partial charge in [0.05, 0.1) is 5.69 Å². The van der Waals surface area contributed by atoms with E-state index in [1.54, 1.807) is 17.1 Å². The van der Waals surface area contributed by atoms with Gasteiger partial charge in [0.25, 0.3) is 0 Å². The fraction of sp³-hybridized carbons (Fsp3) is 0.333. The molecule has 1 aromatic rings. The lowest BCUT2D eigenvalue weighted by molar-refractivity contribution is -0.137. The molecule has 102 valence electrons. The van der Waals surface area contributed by atoms with E-state index in [-0.39, 0.29) is 6.42 Å². The molecule has 1 aliphatic heterocycles. The average molecular weight is 300 g/mol. The van der Waals surface area contributed by atoms with E-state index in [9.17, 15) is 4.79 Å². The van der Waals surface area contributed by atoms with E-state index in [1.165, 1.54) is 0 Å². The van der Waals surface area contributed by atoms with Gasteiger partial charge < -0.3 is 10.4 Å². The van der Waals surface area contributed by atoms with Crippen molar-refractivity contribution < 1.29 is 9.90 Å². The molecule has 2 rings (SSSR count). The lowest BCUT2D eigenvalue weighted by Gasteiger charge is -2.24. The number of benzene rings is 1. The van der Waals surface area contributed by atoms with E-state index >= 15 is 0 Å². The van der Waals surface area contributed by atoms with Crippen LogP contribution in [-0.4, -0.2) is 21.9 Å². The van der Waals surface area contributed by atoms with E-state index < -0.39 is 11.6 Å². The topological polar surface area (TPSA) is 64.6 Å². The molecular formula is C12H14ClN3O2S. The summed E-state index contributed by atoms with van der Waals surface area (Å²) in [5.74, 6) is -0.833. The van der Waals surface area contributed by atoms with Crippen LogP contribution in [-0.2, 0) is 4.79 Å². The first kappa shape index (κ1) is 14.0. The Morgan fingerprint density at radius 2 is 2.11 bits per heavy atom. The van der Waals surface area contributed by atoms with Crippen molar-refractivity contribution in [3.8, 4) is 0 Å². The normalized spacial score (nSPS) is 22.4. The first-order chi connectivity index (χ1) is 8.89. The number of nitrogens with one attached hydrogen (secondary N) is 2. The number of carboxylic acids is 1.